The minimum Gasteiger partial charge on any atom is -0.425 e. The van der Waals surface area contributed by atoms with Crippen LogP contribution in [0.3, 0.4) is 0 Å². The Labute approximate surface area is 171 Å². The van der Waals surface area contributed by atoms with E-state index in [2.05, 4.69) is 23.6 Å². The lowest BCUT2D eigenvalue weighted by Crippen LogP contribution is -2.36. The van der Waals surface area contributed by atoms with Crippen LogP contribution in [0.4, 0.5) is 9.59 Å². The monoisotopic (exact) mass is 402 g/mol. The van der Waals surface area contributed by atoms with E-state index < -0.39 is 23.5 Å². The number of ether oxygens (including phenoxy) is 2. The van der Waals surface area contributed by atoms with E-state index in [-0.39, 0.29) is 0 Å². The fraction of sp³-hybridized carbons (Fsp3) is 0.909. The quantitative estimate of drug-likeness (QED) is 0.130. The summed E-state index contributed by atoms with van der Waals surface area (Å²) in [7, 11) is 0. The van der Waals surface area contributed by atoms with Crippen molar-refractivity contribution in [3.8, 4) is 0 Å². The summed E-state index contributed by atoms with van der Waals surface area (Å²) >= 11 is 0. The molecule has 6 nitrogen and oxygen atoms in total. The van der Waals surface area contributed by atoms with E-state index in [0.717, 1.165) is 51.4 Å². The van der Waals surface area contributed by atoms with Crippen molar-refractivity contribution in [2.24, 2.45) is 0 Å². The van der Waals surface area contributed by atoms with Crippen LogP contribution in [0.5, 0.6) is 0 Å². The maximum absolute atomic E-state index is 12.1. The SMILES string of the molecule is CCCCCC(CC)(CC)OC(=O)OOC(=O)OC(CC)(CC)CCCCC. The first-order valence-electron chi connectivity index (χ1n) is 11.2. The molecule has 0 aliphatic carbocycles. The molecule has 6 heteroatoms. The fourth-order valence-electron chi connectivity index (χ4n) is 3.45. The molecule has 0 spiro atoms. The molecule has 0 aliphatic heterocycles. The molecule has 0 bridgehead atoms. The third-order valence-corrected chi connectivity index (χ3v) is 5.83. The number of carbonyl (C=O) groups excluding carboxylic acids is 2. The van der Waals surface area contributed by atoms with E-state index >= 15 is 0 Å². The summed E-state index contributed by atoms with van der Waals surface area (Å²) in [5, 5.41) is 0. The molecule has 0 aromatic carbocycles. The second-order valence-corrected chi connectivity index (χ2v) is 7.57. The summed E-state index contributed by atoms with van der Waals surface area (Å²) in [5.41, 5.74) is -1.17. The van der Waals surface area contributed by atoms with Gasteiger partial charge in [-0.3, -0.25) is 0 Å². The lowest BCUT2D eigenvalue weighted by atomic mass is 9.90. The zero-order valence-electron chi connectivity index (χ0n) is 18.9. The normalized spacial score (nSPS) is 11.8. The average Bonchev–Trinajstić information content (AvgIpc) is 2.71. The molecule has 0 unspecified atom stereocenters. The van der Waals surface area contributed by atoms with Crippen molar-refractivity contribution in [1.82, 2.24) is 0 Å². The minimum atomic E-state index is -0.998. The zero-order valence-corrected chi connectivity index (χ0v) is 18.9. The molecule has 0 saturated carbocycles. The van der Waals surface area contributed by atoms with Gasteiger partial charge in [0.25, 0.3) is 0 Å². The van der Waals surface area contributed by atoms with Gasteiger partial charge in [0, 0.05) is 0 Å². The standard InChI is InChI=1S/C22H42O6/c1-7-13-15-17-21(9-3,10-4)25-19(23)27-28-20(24)26-22(11-5,12-6)18-16-14-8-2/h7-18H2,1-6H3. The van der Waals surface area contributed by atoms with Gasteiger partial charge < -0.3 is 9.47 Å². The Morgan fingerprint density at radius 2 is 0.893 bits per heavy atom. The van der Waals surface area contributed by atoms with Crippen LogP contribution in [0.15, 0.2) is 0 Å². The summed E-state index contributed by atoms with van der Waals surface area (Å²) in [6.45, 7) is 12.2. The average molecular weight is 403 g/mol. The van der Waals surface area contributed by atoms with E-state index in [4.69, 9.17) is 9.47 Å². The molecule has 0 radical (unpaired) electrons. The third kappa shape index (κ3) is 9.65. The maximum Gasteiger partial charge on any atom is 0.550 e. The van der Waals surface area contributed by atoms with Gasteiger partial charge in [0.1, 0.15) is 11.2 Å². The molecule has 0 fully saturated rings. The lowest BCUT2D eigenvalue weighted by Gasteiger charge is -2.31. The van der Waals surface area contributed by atoms with Crippen molar-refractivity contribution in [2.75, 3.05) is 0 Å². The van der Waals surface area contributed by atoms with Gasteiger partial charge in [0.05, 0.1) is 0 Å². The molecule has 0 heterocycles. The van der Waals surface area contributed by atoms with E-state index in [1.807, 2.05) is 27.7 Å². The topological polar surface area (TPSA) is 71.1 Å². The molecular weight excluding hydrogens is 360 g/mol. The van der Waals surface area contributed by atoms with Gasteiger partial charge in [-0.1, -0.05) is 67.2 Å². The van der Waals surface area contributed by atoms with Crippen LogP contribution < -0.4 is 0 Å². The molecular formula is C22H42O6. The smallest absolute Gasteiger partial charge is 0.425 e. The number of carbonyl (C=O) groups is 2. The molecule has 0 atom stereocenters. The Hall–Kier alpha value is -1.46. The highest BCUT2D eigenvalue weighted by Gasteiger charge is 2.34. The summed E-state index contributed by atoms with van der Waals surface area (Å²) in [4.78, 5) is 33.3. The summed E-state index contributed by atoms with van der Waals surface area (Å²) in [6, 6.07) is 0. The van der Waals surface area contributed by atoms with Crippen LogP contribution in [0.2, 0.25) is 0 Å². The van der Waals surface area contributed by atoms with Gasteiger partial charge in [-0.15, -0.1) is 0 Å². The van der Waals surface area contributed by atoms with Crippen LogP contribution in [0.25, 0.3) is 0 Å². The van der Waals surface area contributed by atoms with Crippen molar-refractivity contribution in [1.29, 1.82) is 0 Å². The van der Waals surface area contributed by atoms with Crippen molar-refractivity contribution in [2.45, 2.75) is 130 Å². The Bertz CT molecular complexity index is 387. The second-order valence-electron chi connectivity index (χ2n) is 7.57. The van der Waals surface area contributed by atoms with Crippen LogP contribution in [-0.2, 0) is 19.2 Å². The second kappa shape index (κ2) is 14.5. The Kier molecular flexibility index (Phi) is 13.8. The van der Waals surface area contributed by atoms with Gasteiger partial charge >= 0.3 is 12.3 Å². The van der Waals surface area contributed by atoms with Gasteiger partial charge in [-0.25, -0.2) is 0 Å². The third-order valence-electron chi connectivity index (χ3n) is 5.83. The predicted octanol–water partition coefficient (Wildman–Crippen LogP) is 7.49. The van der Waals surface area contributed by atoms with Gasteiger partial charge in [0.15, 0.2) is 0 Å². The van der Waals surface area contributed by atoms with E-state index in [1.54, 1.807) is 0 Å². The first kappa shape index (κ1) is 26.5. The Morgan fingerprint density at radius 1 is 0.571 bits per heavy atom. The van der Waals surface area contributed by atoms with E-state index in [9.17, 15) is 9.59 Å². The van der Waals surface area contributed by atoms with Crippen LogP contribution in [-0.4, -0.2) is 23.5 Å². The van der Waals surface area contributed by atoms with Crippen LogP contribution in [0, 0.1) is 0 Å². The lowest BCUT2D eigenvalue weighted by molar-refractivity contribution is -0.238. The minimum absolute atomic E-state index is 0.587. The zero-order chi connectivity index (χ0) is 21.5. The number of rotatable bonds is 14. The highest BCUT2D eigenvalue weighted by atomic mass is 17.3. The van der Waals surface area contributed by atoms with Gasteiger partial charge in [-0.05, 0) is 51.4 Å². The van der Waals surface area contributed by atoms with Crippen molar-refractivity contribution < 1.29 is 28.8 Å². The summed E-state index contributed by atoms with van der Waals surface area (Å²) in [6.07, 6.45) is 8.55. The Balaban J connectivity index is 4.62. The highest BCUT2D eigenvalue weighted by molar-refractivity contribution is 5.64. The fourth-order valence-corrected chi connectivity index (χ4v) is 3.45. The summed E-state index contributed by atoms with van der Waals surface area (Å²) < 4.78 is 11.0. The number of hydrogen-bond acceptors (Lipinski definition) is 6. The largest absolute Gasteiger partial charge is 0.550 e. The molecule has 0 aromatic rings. The predicted molar refractivity (Wildman–Crippen MR) is 110 cm³/mol. The maximum atomic E-state index is 12.1. The van der Waals surface area contributed by atoms with Crippen molar-refractivity contribution in [3.05, 3.63) is 0 Å². The molecule has 0 rings (SSSR count). The van der Waals surface area contributed by atoms with Crippen molar-refractivity contribution >= 4 is 12.3 Å². The van der Waals surface area contributed by atoms with Crippen molar-refractivity contribution in [3.63, 3.8) is 0 Å². The number of hydrogen-bond donors (Lipinski definition) is 0. The van der Waals surface area contributed by atoms with E-state index in [0.29, 0.717) is 25.7 Å². The van der Waals surface area contributed by atoms with Gasteiger partial charge in [0.2, 0.25) is 0 Å². The molecule has 0 saturated heterocycles. The summed E-state index contributed by atoms with van der Waals surface area (Å²) in [5.74, 6) is 0. The molecule has 0 aromatic heterocycles. The first-order valence-corrected chi connectivity index (χ1v) is 11.2. The molecule has 28 heavy (non-hydrogen) atoms. The van der Waals surface area contributed by atoms with Gasteiger partial charge in [-0.2, -0.15) is 19.4 Å². The first-order chi connectivity index (χ1) is 13.4. The molecule has 0 aliphatic rings. The molecule has 166 valence electrons. The molecule has 0 amide bonds. The molecule has 0 N–H and O–H groups in total. The van der Waals surface area contributed by atoms with Crippen LogP contribution >= 0.6 is 0 Å². The number of unbranched alkanes of at least 4 members (excludes halogenated alkanes) is 4. The van der Waals surface area contributed by atoms with Crippen LogP contribution in [0.1, 0.15) is 119 Å². The highest BCUT2D eigenvalue weighted by Crippen LogP contribution is 2.29. The van der Waals surface area contributed by atoms with E-state index in [1.165, 1.54) is 0 Å². The Morgan fingerprint density at radius 3 is 1.14 bits per heavy atom.